The molecule has 1 unspecified atom stereocenters. The van der Waals surface area contributed by atoms with Gasteiger partial charge >= 0.3 is 0 Å². The highest BCUT2D eigenvalue weighted by Crippen LogP contribution is 2.24. The van der Waals surface area contributed by atoms with Crippen molar-refractivity contribution in [3.8, 4) is 16.9 Å². The fourth-order valence-electron chi connectivity index (χ4n) is 2.44. The number of thioether (sulfide) groups is 2. The van der Waals surface area contributed by atoms with Gasteiger partial charge in [-0.05, 0) is 60.7 Å². The SMILES string of the molecule is NCCCSCC(COc1ccc(-c2ccccc2)cc1)SCCCN. The third-order valence-electron chi connectivity index (χ3n) is 3.90. The first kappa shape index (κ1) is 21.2. The summed E-state index contributed by atoms with van der Waals surface area (Å²) < 4.78 is 6.06. The minimum atomic E-state index is 0.484. The van der Waals surface area contributed by atoms with Gasteiger partial charge in [0.05, 0.1) is 0 Å². The molecule has 0 heterocycles. The van der Waals surface area contributed by atoms with Gasteiger partial charge in [-0.1, -0.05) is 42.5 Å². The average Bonchev–Trinajstić information content (AvgIpc) is 2.70. The van der Waals surface area contributed by atoms with Crippen LogP contribution in [-0.2, 0) is 0 Å². The highest BCUT2D eigenvalue weighted by molar-refractivity contribution is 8.03. The Labute approximate surface area is 166 Å². The molecular formula is C21H30N2OS2. The Hall–Kier alpha value is -1.14. The van der Waals surface area contributed by atoms with Gasteiger partial charge in [-0.15, -0.1) is 0 Å². The molecule has 0 radical (unpaired) electrons. The molecule has 0 bridgehead atoms. The summed E-state index contributed by atoms with van der Waals surface area (Å²) >= 11 is 3.93. The summed E-state index contributed by atoms with van der Waals surface area (Å²) in [4.78, 5) is 0. The molecule has 0 aliphatic rings. The lowest BCUT2D eigenvalue weighted by molar-refractivity contribution is 0.323. The maximum Gasteiger partial charge on any atom is 0.119 e. The molecule has 26 heavy (non-hydrogen) atoms. The topological polar surface area (TPSA) is 61.3 Å². The van der Waals surface area contributed by atoms with Crippen molar-refractivity contribution in [2.24, 2.45) is 11.5 Å². The Morgan fingerprint density at radius 1 is 0.808 bits per heavy atom. The summed E-state index contributed by atoms with van der Waals surface area (Å²) in [5.74, 6) is 4.24. The van der Waals surface area contributed by atoms with Crippen molar-refractivity contribution in [3.63, 3.8) is 0 Å². The molecule has 0 fully saturated rings. The van der Waals surface area contributed by atoms with Crippen molar-refractivity contribution in [1.29, 1.82) is 0 Å². The van der Waals surface area contributed by atoms with Crippen molar-refractivity contribution >= 4 is 23.5 Å². The van der Waals surface area contributed by atoms with E-state index in [1.807, 2.05) is 29.6 Å². The van der Waals surface area contributed by atoms with Crippen LogP contribution in [0.5, 0.6) is 5.75 Å². The van der Waals surface area contributed by atoms with Gasteiger partial charge in [0.15, 0.2) is 0 Å². The van der Waals surface area contributed by atoms with Gasteiger partial charge in [0, 0.05) is 11.0 Å². The normalized spacial score (nSPS) is 12.1. The standard InChI is InChI=1S/C21H30N2OS2/c22-12-4-14-25-17-21(26-15-5-13-23)16-24-20-10-8-19(9-11-20)18-6-2-1-3-7-18/h1-3,6-11,21H,4-5,12-17,22-23H2. The van der Waals surface area contributed by atoms with E-state index >= 15 is 0 Å². The zero-order chi connectivity index (χ0) is 18.5. The first-order chi connectivity index (χ1) is 12.8. The lowest BCUT2D eigenvalue weighted by Gasteiger charge is -2.17. The molecule has 2 aromatic carbocycles. The number of nitrogens with two attached hydrogens (primary N) is 2. The van der Waals surface area contributed by atoms with Gasteiger partial charge in [-0.2, -0.15) is 23.5 Å². The maximum absolute atomic E-state index is 6.06. The second-order valence-electron chi connectivity index (χ2n) is 6.05. The first-order valence-corrected chi connectivity index (χ1v) is 11.4. The van der Waals surface area contributed by atoms with Crippen LogP contribution < -0.4 is 16.2 Å². The lowest BCUT2D eigenvalue weighted by atomic mass is 10.1. The molecule has 0 saturated carbocycles. The van der Waals surface area contributed by atoms with Crippen LogP contribution in [0.25, 0.3) is 11.1 Å². The van der Waals surface area contributed by atoms with E-state index in [1.54, 1.807) is 0 Å². The molecule has 1 atom stereocenters. The van der Waals surface area contributed by atoms with Crippen molar-refractivity contribution < 1.29 is 4.74 Å². The van der Waals surface area contributed by atoms with Crippen LogP contribution in [0.15, 0.2) is 54.6 Å². The minimum absolute atomic E-state index is 0.484. The van der Waals surface area contributed by atoms with E-state index in [4.69, 9.17) is 16.2 Å². The molecule has 0 saturated heterocycles. The van der Waals surface area contributed by atoms with Crippen LogP contribution >= 0.6 is 23.5 Å². The summed E-state index contributed by atoms with van der Waals surface area (Å²) in [6, 6.07) is 18.8. The molecule has 142 valence electrons. The molecule has 0 spiro atoms. The van der Waals surface area contributed by atoms with Gasteiger partial charge in [-0.3, -0.25) is 0 Å². The van der Waals surface area contributed by atoms with Crippen LogP contribution in [0.1, 0.15) is 12.8 Å². The maximum atomic E-state index is 6.06. The van der Waals surface area contributed by atoms with Crippen molar-refractivity contribution in [1.82, 2.24) is 0 Å². The molecule has 0 aliphatic heterocycles. The average molecular weight is 391 g/mol. The summed E-state index contributed by atoms with van der Waals surface area (Å²) in [7, 11) is 0. The second kappa shape index (κ2) is 13.1. The van der Waals surface area contributed by atoms with E-state index in [9.17, 15) is 0 Å². The van der Waals surface area contributed by atoms with E-state index in [0.29, 0.717) is 5.25 Å². The first-order valence-electron chi connectivity index (χ1n) is 9.21. The predicted molar refractivity (Wildman–Crippen MR) is 118 cm³/mol. The number of hydrogen-bond donors (Lipinski definition) is 2. The van der Waals surface area contributed by atoms with Crippen molar-refractivity contribution in [2.75, 3.05) is 37.0 Å². The van der Waals surface area contributed by atoms with E-state index in [0.717, 1.165) is 55.5 Å². The second-order valence-corrected chi connectivity index (χ2v) is 8.61. The summed E-state index contributed by atoms with van der Waals surface area (Å²) in [6.07, 6.45) is 2.13. The largest absolute Gasteiger partial charge is 0.492 e. The Kier molecular flexibility index (Phi) is 10.7. The molecule has 4 N–H and O–H groups in total. The number of ether oxygens (including phenoxy) is 1. The molecule has 3 nitrogen and oxygen atoms in total. The molecule has 0 aliphatic carbocycles. The van der Waals surface area contributed by atoms with Crippen LogP contribution in [-0.4, -0.2) is 42.2 Å². The van der Waals surface area contributed by atoms with Crippen LogP contribution in [0, 0.1) is 0 Å². The quantitative estimate of drug-likeness (QED) is 0.500. The van der Waals surface area contributed by atoms with Gasteiger partial charge < -0.3 is 16.2 Å². The van der Waals surface area contributed by atoms with Crippen LogP contribution in [0.4, 0.5) is 0 Å². The number of benzene rings is 2. The Bertz CT molecular complexity index is 593. The molecule has 5 heteroatoms. The number of hydrogen-bond acceptors (Lipinski definition) is 5. The monoisotopic (exact) mass is 390 g/mol. The van der Waals surface area contributed by atoms with Crippen molar-refractivity contribution in [3.05, 3.63) is 54.6 Å². The Balaban J connectivity index is 1.83. The lowest BCUT2D eigenvalue weighted by Crippen LogP contribution is -2.19. The summed E-state index contributed by atoms with van der Waals surface area (Å²) in [5.41, 5.74) is 13.6. The summed E-state index contributed by atoms with van der Waals surface area (Å²) in [6.45, 7) is 2.25. The fourth-order valence-corrected chi connectivity index (χ4v) is 4.84. The highest BCUT2D eigenvalue weighted by Gasteiger charge is 2.11. The van der Waals surface area contributed by atoms with Crippen molar-refractivity contribution in [2.45, 2.75) is 18.1 Å². The fraction of sp³-hybridized carbons (Fsp3) is 0.429. The third-order valence-corrected chi connectivity index (χ3v) is 6.62. The minimum Gasteiger partial charge on any atom is -0.492 e. The third kappa shape index (κ3) is 8.04. The van der Waals surface area contributed by atoms with Crippen LogP contribution in [0.3, 0.4) is 0 Å². The molecule has 0 aromatic heterocycles. The van der Waals surface area contributed by atoms with Crippen LogP contribution in [0.2, 0.25) is 0 Å². The smallest absolute Gasteiger partial charge is 0.119 e. The van der Waals surface area contributed by atoms with Gasteiger partial charge in [-0.25, -0.2) is 0 Å². The zero-order valence-corrected chi connectivity index (χ0v) is 16.9. The Morgan fingerprint density at radius 2 is 1.46 bits per heavy atom. The van der Waals surface area contributed by atoms with E-state index in [2.05, 4.69) is 48.5 Å². The van der Waals surface area contributed by atoms with Gasteiger partial charge in [0.2, 0.25) is 0 Å². The molecular weight excluding hydrogens is 360 g/mol. The van der Waals surface area contributed by atoms with E-state index < -0.39 is 0 Å². The molecule has 0 amide bonds. The van der Waals surface area contributed by atoms with E-state index in [-0.39, 0.29) is 0 Å². The van der Waals surface area contributed by atoms with Gasteiger partial charge in [0.1, 0.15) is 12.4 Å². The Morgan fingerprint density at radius 3 is 2.15 bits per heavy atom. The highest BCUT2D eigenvalue weighted by atomic mass is 32.2. The van der Waals surface area contributed by atoms with Gasteiger partial charge in [0.25, 0.3) is 0 Å². The molecule has 2 aromatic rings. The zero-order valence-electron chi connectivity index (χ0n) is 15.3. The van der Waals surface area contributed by atoms with E-state index in [1.165, 1.54) is 11.1 Å². The number of rotatable bonds is 13. The summed E-state index contributed by atoms with van der Waals surface area (Å²) in [5, 5.41) is 0.484. The molecule has 2 rings (SSSR count). The predicted octanol–water partition coefficient (Wildman–Crippen LogP) is 4.27.